The van der Waals surface area contributed by atoms with E-state index >= 15 is 0 Å². The van der Waals surface area contributed by atoms with Gasteiger partial charge in [0.05, 0.1) is 0 Å². The number of benzene rings is 5. The van der Waals surface area contributed by atoms with E-state index in [9.17, 15) is 0 Å². The monoisotopic (exact) mass is 706 g/mol. The summed E-state index contributed by atoms with van der Waals surface area (Å²) < 4.78 is 1.77. The van der Waals surface area contributed by atoms with E-state index in [2.05, 4.69) is 118 Å². The normalized spacial score (nSPS) is 15.4. The van der Waals surface area contributed by atoms with Crippen LogP contribution in [0.25, 0.3) is 39.1 Å². The zero-order chi connectivity index (χ0) is 28.5. The molecule has 0 amide bonds. The average Bonchev–Trinajstić information content (AvgIpc) is 3.67. The number of fused-ring (bicyclic) bond motifs is 4. The molecule has 0 aromatic heterocycles. The topological polar surface area (TPSA) is 0 Å². The molecule has 220 valence electrons. The average molecular weight is 709 g/mol. The summed E-state index contributed by atoms with van der Waals surface area (Å²) in [4.78, 5) is 0. The summed E-state index contributed by atoms with van der Waals surface area (Å²) in [5, 5.41) is 2.96. The minimum atomic E-state index is -0.646. The molecule has 3 aliphatic carbocycles. The Hall–Kier alpha value is -2.22. The first-order valence-electron chi connectivity index (χ1n) is 15.9. The van der Waals surface area contributed by atoms with Crippen LogP contribution < -0.4 is 28.1 Å². The molecule has 3 aliphatic rings. The minimum absolute atomic E-state index is 0. The molecule has 1 atom stereocenters. The summed E-state index contributed by atoms with van der Waals surface area (Å²) in [6.07, 6.45) is 7.23. The molecular formula is C40H38Cl2SiZr. The van der Waals surface area contributed by atoms with Crippen LogP contribution in [0.3, 0.4) is 0 Å². The van der Waals surface area contributed by atoms with Crippen molar-refractivity contribution < 1.29 is 47.2 Å². The fourth-order valence-corrected chi connectivity index (χ4v) is 16.4. The zero-order valence-corrected chi connectivity index (χ0v) is 31.1. The second kappa shape index (κ2) is 12.5. The number of rotatable bonds is 6. The van der Waals surface area contributed by atoms with Crippen molar-refractivity contribution in [3.05, 3.63) is 129 Å². The largest absolute Gasteiger partial charge is 1.00 e. The quantitative estimate of drug-likeness (QED) is 0.233. The second-order valence-electron chi connectivity index (χ2n) is 13.4. The van der Waals surface area contributed by atoms with Gasteiger partial charge in [-0.15, -0.1) is 0 Å². The van der Waals surface area contributed by atoms with Crippen molar-refractivity contribution >= 4 is 26.0 Å². The Bertz CT molecular complexity index is 1930. The van der Waals surface area contributed by atoms with Crippen LogP contribution in [-0.4, -0.2) is 5.92 Å². The molecule has 5 aromatic rings. The summed E-state index contributed by atoms with van der Waals surface area (Å²) in [7, 11) is 0. The van der Waals surface area contributed by atoms with Gasteiger partial charge in [-0.05, 0) is 0 Å². The number of allylic oxidation sites excluding steroid dienone is 1. The van der Waals surface area contributed by atoms with Gasteiger partial charge in [0.15, 0.2) is 0 Å². The molecule has 0 N–H and O–H groups in total. The van der Waals surface area contributed by atoms with Gasteiger partial charge in [0.2, 0.25) is 0 Å². The third-order valence-corrected chi connectivity index (χ3v) is 18.2. The molecule has 0 heterocycles. The summed E-state index contributed by atoms with van der Waals surface area (Å²) in [5.74, 6) is 0.365. The van der Waals surface area contributed by atoms with Gasteiger partial charge in [-0.2, -0.15) is 0 Å². The van der Waals surface area contributed by atoms with E-state index in [1.165, 1.54) is 68.1 Å². The van der Waals surface area contributed by atoms with Gasteiger partial charge in [0.25, 0.3) is 0 Å². The SMILES string of the molecule is CC(C)CC1=Cc2c(-c3ccc4c5c(cccc35)CC4)cccc2C1c1[c]([Zr+2][SiH](C)C)ccc2c1Cc1ccccc1-2.[Cl-].[Cl-]. The van der Waals surface area contributed by atoms with Crippen molar-refractivity contribution in [1.29, 1.82) is 0 Å². The van der Waals surface area contributed by atoms with Crippen LogP contribution in [0, 0.1) is 5.92 Å². The third-order valence-electron chi connectivity index (χ3n) is 9.73. The maximum Gasteiger partial charge on any atom is -1.00 e. The first-order valence-corrected chi connectivity index (χ1v) is 24.2. The number of halogens is 2. The summed E-state index contributed by atoms with van der Waals surface area (Å²) in [6, 6.07) is 33.3. The van der Waals surface area contributed by atoms with Crippen LogP contribution in [0.1, 0.15) is 65.1 Å². The van der Waals surface area contributed by atoms with Crippen molar-refractivity contribution in [3.8, 4) is 22.3 Å². The molecule has 0 radical (unpaired) electrons. The summed E-state index contributed by atoms with van der Waals surface area (Å²) in [5.41, 5.74) is 18.3. The minimum Gasteiger partial charge on any atom is -1.00 e. The standard InChI is InChI=1S/C38H31.C2H7Si.2ClH.Zr/c1-23(2)20-27-22-36-30(31-19-18-25-17-16-24-9-5-13-32(31)37(24)25)12-7-15-34(36)38(27)33-14-6-11-29-28-10-4-3-8-26(28)21-35(29)33;1-3-2;;;/h3-13,15,18-19,22-23,38H,16-17,20-21H2,1-2H3;3H,1-2H3;2*1H;/q;;;;+2/p-2. The first kappa shape index (κ1) is 31.7. The van der Waals surface area contributed by atoms with Gasteiger partial charge in [0, 0.05) is 0 Å². The van der Waals surface area contributed by atoms with Crippen LogP contribution in [0.2, 0.25) is 13.1 Å². The zero-order valence-electron chi connectivity index (χ0n) is 26.0. The molecule has 0 nitrogen and oxygen atoms in total. The van der Waals surface area contributed by atoms with Gasteiger partial charge in [-0.1, -0.05) is 0 Å². The molecule has 0 bridgehead atoms. The van der Waals surface area contributed by atoms with Crippen LogP contribution >= 0.6 is 0 Å². The van der Waals surface area contributed by atoms with Crippen LogP contribution in [-0.2, 0) is 41.7 Å². The molecule has 0 saturated heterocycles. The number of hydrogen-bond donors (Lipinski definition) is 0. The molecule has 0 saturated carbocycles. The summed E-state index contributed by atoms with van der Waals surface area (Å²) in [6.45, 7) is 9.96. The Morgan fingerprint density at radius 2 is 1.43 bits per heavy atom. The van der Waals surface area contributed by atoms with Crippen molar-refractivity contribution in [2.45, 2.75) is 58.5 Å². The van der Waals surface area contributed by atoms with Gasteiger partial charge in [0.1, 0.15) is 0 Å². The van der Waals surface area contributed by atoms with Gasteiger partial charge in [-0.25, -0.2) is 0 Å². The van der Waals surface area contributed by atoms with Gasteiger partial charge in [-0.3, -0.25) is 0 Å². The van der Waals surface area contributed by atoms with E-state index in [4.69, 9.17) is 0 Å². The maximum absolute atomic E-state index is 2.63. The molecule has 0 aliphatic heterocycles. The van der Waals surface area contributed by atoms with E-state index in [-0.39, 0.29) is 24.8 Å². The van der Waals surface area contributed by atoms with Gasteiger partial charge >= 0.3 is 265 Å². The van der Waals surface area contributed by atoms with E-state index in [0.717, 1.165) is 12.8 Å². The van der Waals surface area contributed by atoms with Crippen molar-refractivity contribution in [2.75, 3.05) is 0 Å². The molecule has 1 unspecified atom stereocenters. The van der Waals surface area contributed by atoms with Crippen molar-refractivity contribution in [1.82, 2.24) is 0 Å². The summed E-state index contributed by atoms with van der Waals surface area (Å²) >= 11 is -0.615. The maximum atomic E-state index is 2.63. The van der Waals surface area contributed by atoms with Crippen LogP contribution in [0.15, 0.2) is 90.5 Å². The molecule has 4 heteroatoms. The van der Waals surface area contributed by atoms with E-state index in [1.807, 2.05) is 0 Å². The number of hydrogen-bond acceptors (Lipinski definition) is 0. The molecular weight excluding hydrogens is 671 g/mol. The first-order chi connectivity index (χ1) is 20.5. The van der Waals surface area contributed by atoms with E-state index in [0.29, 0.717) is 11.8 Å². The fraction of sp³-hybridized carbons (Fsp3) is 0.250. The Labute approximate surface area is 287 Å². The predicted molar refractivity (Wildman–Crippen MR) is 179 cm³/mol. The fourth-order valence-electron chi connectivity index (χ4n) is 8.17. The van der Waals surface area contributed by atoms with Crippen LogP contribution in [0.4, 0.5) is 0 Å². The molecule has 44 heavy (non-hydrogen) atoms. The molecule has 0 fully saturated rings. The second-order valence-corrected chi connectivity index (χ2v) is 27.9. The van der Waals surface area contributed by atoms with Crippen molar-refractivity contribution in [3.63, 3.8) is 0 Å². The Balaban J connectivity index is 0.00000171. The molecule has 0 spiro atoms. The Morgan fingerprint density at radius 3 is 2.23 bits per heavy atom. The smallest absolute Gasteiger partial charge is 1.00 e. The van der Waals surface area contributed by atoms with Gasteiger partial charge < -0.3 is 24.8 Å². The predicted octanol–water partition coefficient (Wildman–Crippen LogP) is 3.45. The third kappa shape index (κ3) is 5.15. The van der Waals surface area contributed by atoms with Crippen molar-refractivity contribution in [2.24, 2.45) is 5.92 Å². The Kier molecular flexibility index (Phi) is 9.04. The molecule has 5 aromatic carbocycles. The Morgan fingerprint density at radius 1 is 0.727 bits per heavy atom. The molecule has 8 rings (SSSR count). The van der Waals surface area contributed by atoms with E-state index < -0.39 is 28.3 Å². The number of aryl methyl sites for hydroxylation is 2. The van der Waals surface area contributed by atoms with E-state index in [1.54, 1.807) is 25.5 Å². The van der Waals surface area contributed by atoms with Crippen LogP contribution in [0.5, 0.6) is 0 Å².